The van der Waals surface area contributed by atoms with Gasteiger partial charge in [-0.1, -0.05) is 6.07 Å². The van der Waals surface area contributed by atoms with Gasteiger partial charge in [0, 0.05) is 0 Å². The van der Waals surface area contributed by atoms with Crippen LogP contribution in [-0.2, 0) is 6.42 Å². The fraction of sp³-hybridized carbons (Fsp3) is 0.600. The second-order valence-corrected chi connectivity index (χ2v) is 6.03. The van der Waals surface area contributed by atoms with Crippen molar-refractivity contribution in [1.29, 1.82) is 0 Å². The Balaban J connectivity index is 2.25. The fourth-order valence-electron chi connectivity index (χ4n) is 2.70. The number of rotatable bonds is 3. The average Bonchev–Trinajstić information content (AvgIpc) is 2.38. The first kappa shape index (κ1) is 13.9. The molecule has 1 unspecified atom stereocenters. The van der Waals surface area contributed by atoms with Crippen molar-refractivity contribution in [2.45, 2.75) is 33.1 Å². The Hall–Kier alpha value is -0.540. The van der Waals surface area contributed by atoms with Crippen LogP contribution in [0.4, 0.5) is 0 Å². The lowest BCUT2D eigenvalue weighted by Gasteiger charge is -2.24. The molecule has 1 fully saturated rings. The lowest BCUT2D eigenvalue weighted by molar-refractivity contribution is 0.363. The van der Waals surface area contributed by atoms with E-state index in [1.54, 1.807) is 7.11 Å². The third-order valence-electron chi connectivity index (χ3n) is 3.91. The molecule has 100 valence electrons. The SMILES string of the molecule is COc1c(CC2CCCNC2)cc(C)c(C)c1Br. The summed E-state index contributed by atoms with van der Waals surface area (Å²) in [6.45, 7) is 6.61. The average molecular weight is 312 g/mol. The monoisotopic (exact) mass is 311 g/mol. The Bertz CT molecular complexity index is 425. The largest absolute Gasteiger partial charge is 0.495 e. The van der Waals surface area contributed by atoms with E-state index in [1.165, 1.54) is 36.1 Å². The number of hydrogen-bond acceptors (Lipinski definition) is 2. The van der Waals surface area contributed by atoms with Crippen LogP contribution in [0.25, 0.3) is 0 Å². The minimum atomic E-state index is 0.738. The highest BCUT2D eigenvalue weighted by atomic mass is 79.9. The van der Waals surface area contributed by atoms with Gasteiger partial charge in [-0.05, 0) is 84.7 Å². The van der Waals surface area contributed by atoms with Gasteiger partial charge in [-0.15, -0.1) is 0 Å². The number of piperidine rings is 1. The third-order valence-corrected chi connectivity index (χ3v) is 4.87. The van der Waals surface area contributed by atoms with E-state index in [4.69, 9.17) is 4.74 Å². The summed E-state index contributed by atoms with van der Waals surface area (Å²) < 4.78 is 6.70. The molecular weight excluding hydrogens is 290 g/mol. The Labute approximate surface area is 118 Å². The summed E-state index contributed by atoms with van der Waals surface area (Å²) in [5.41, 5.74) is 3.94. The van der Waals surface area contributed by atoms with Crippen molar-refractivity contribution in [2.75, 3.05) is 20.2 Å². The molecule has 1 aliphatic rings. The molecule has 0 saturated carbocycles. The van der Waals surface area contributed by atoms with Gasteiger partial charge in [-0.25, -0.2) is 0 Å². The molecule has 1 aromatic rings. The summed E-state index contributed by atoms with van der Waals surface area (Å²) in [4.78, 5) is 0. The van der Waals surface area contributed by atoms with E-state index in [2.05, 4.69) is 41.2 Å². The second kappa shape index (κ2) is 6.07. The summed E-state index contributed by atoms with van der Waals surface area (Å²) in [7, 11) is 1.76. The quantitative estimate of drug-likeness (QED) is 0.920. The van der Waals surface area contributed by atoms with Crippen molar-refractivity contribution >= 4 is 15.9 Å². The van der Waals surface area contributed by atoms with Gasteiger partial charge < -0.3 is 10.1 Å². The number of methoxy groups -OCH3 is 1. The van der Waals surface area contributed by atoms with Crippen LogP contribution in [0.15, 0.2) is 10.5 Å². The van der Waals surface area contributed by atoms with Gasteiger partial charge in [-0.3, -0.25) is 0 Å². The van der Waals surface area contributed by atoms with E-state index in [0.717, 1.165) is 29.1 Å². The number of halogens is 1. The van der Waals surface area contributed by atoms with Crippen LogP contribution in [0.1, 0.15) is 29.5 Å². The molecule has 0 spiro atoms. The van der Waals surface area contributed by atoms with E-state index >= 15 is 0 Å². The van der Waals surface area contributed by atoms with E-state index in [0.29, 0.717) is 0 Å². The van der Waals surface area contributed by atoms with Crippen LogP contribution >= 0.6 is 15.9 Å². The van der Waals surface area contributed by atoms with E-state index in [9.17, 15) is 0 Å². The molecule has 18 heavy (non-hydrogen) atoms. The molecule has 1 heterocycles. The number of aryl methyl sites for hydroxylation is 1. The molecule has 0 amide bonds. The second-order valence-electron chi connectivity index (χ2n) is 5.24. The van der Waals surface area contributed by atoms with Gasteiger partial charge >= 0.3 is 0 Å². The van der Waals surface area contributed by atoms with Gasteiger partial charge in [-0.2, -0.15) is 0 Å². The maximum absolute atomic E-state index is 5.59. The molecule has 1 N–H and O–H groups in total. The summed E-state index contributed by atoms with van der Waals surface area (Å²) in [6, 6.07) is 2.29. The Morgan fingerprint density at radius 3 is 2.83 bits per heavy atom. The molecular formula is C15H22BrNO. The highest BCUT2D eigenvalue weighted by Gasteiger charge is 2.18. The Morgan fingerprint density at radius 1 is 1.44 bits per heavy atom. The molecule has 2 rings (SSSR count). The molecule has 1 aliphatic heterocycles. The first-order valence-electron chi connectivity index (χ1n) is 6.66. The van der Waals surface area contributed by atoms with Crippen molar-refractivity contribution < 1.29 is 4.74 Å². The summed E-state index contributed by atoms with van der Waals surface area (Å²) >= 11 is 3.67. The number of ether oxygens (including phenoxy) is 1. The molecule has 0 bridgehead atoms. The Kier molecular flexibility index (Phi) is 4.68. The highest BCUT2D eigenvalue weighted by Crippen LogP contribution is 2.36. The van der Waals surface area contributed by atoms with Crippen molar-refractivity contribution in [1.82, 2.24) is 5.32 Å². The van der Waals surface area contributed by atoms with Gasteiger partial charge in [0.2, 0.25) is 0 Å². The lowest BCUT2D eigenvalue weighted by Crippen LogP contribution is -2.30. The molecule has 0 aliphatic carbocycles. The zero-order valence-corrected chi connectivity index (χ0v) is 13.1. The zero-order valence-electron chi connectivity index (χ0n) is 11.5. The molecule has 3 heteroatoms. The molecule has 1 aromatic carbocycles. The van der Waals surface area contributed by atoms with Crippen LogP contribution in [-0.4, -0.2) is 20.2 Å². The Morgan fingerprint density at radius 2 is 2.22 bits per heavy atom. The predicted octanol–water partition coefficient (Wildman–Crippen LogP) is 3.62. The van der Waals surface area contributed by atoms with Gasteiger partial charge in [0.25, 0.3) is 0 Å². The molecule has 1 saturated heterocycles. The van der Waals surface area contributed by atoms with Crippen LogP contribution in [0.2, 0.25) is 0 Å². The molecule has 0 radical (unpaired) electrons. The maximum Gasteiger partial charge on any atom is 0.136 e. The van der Waals surface area contributed by atoms with Crippen molar-refractivity contribution in [3.8, 4) is 5.75 Å². The zero-order chi connectivity index (χ0) is 13.1. The number of benzene rings is 1. The van der Waals surface area contributed by atoms with Gasteiger partial charge in [0.05, 0.1) is 11.6 Å². The number of nitrogens with one attached hydrogen (secondary N) is 1. The van der Waals surface area contributed by atoms with Gasteiger partial charge in [0.15, 0.2) is 0 Å². The molecule has 0 aromatic heterocycles. The predicted molar refractivity (Wildman–Crippen MR) is 79.5 cm³/mol. The smallest absolute Gasteiger partial charge is 0.136 e. The van der Waals surface area contributed by atoms with Crippen molar-refractivity contribution in [3.63, 3.8) is 0 Å². The normalized spacial score (nSPS) is 19.9. The van der Waals surface area contributed by atoms with Crippen LogP contribution < -0.4 is 10.1 Å². The lowest BCUT2D eigenvalue weighted by atomic mass is 9.90. The van der Waals surface area contributed by atoms with Gasteiger partial charge in [0.1, 0.15) is 5.75 Å². The van der Waals surface area contributed by atoms with Crippen LogP contribution in [0, 0.1) is 19.8 Å². The summed E-state index contributed by atoms with van der Waals surface area (Å²) in [5.74, 6) is 1.75. The van der Waals surface area contributed by atoms with E-state index in [-0.39, 0.29) is 0 Å². The highest BCUT2D eigenvalue weighted by molar-refractivity contribution is 9.10. The first-order chi connectivity index (χ1) is 8.63. The molecule has 1 atom stereocenters. The van der Waals surface area contributed by atoms with Crippen LogP contribution in [0.3, 0.4) is 0 Å². The molecule has 2 nitrogen and oxygen atoms in total. The first-order valence-corrected chi connectivity index (χ1v) is 7.46. The minimum absolute atomic E-state index is 0.738. The summed E-state index contributed by atoms with van der Waals surface area (Å²) in [6.07, 6.45) is 3.72. The topological polar surface area (TPSA) is 21.3 Å². The van der Waals surface area contributed by atoms with Crippen molar-refractivity contribution in [2.24, 2.45) is 5.92 Å². The minimum Gasteiger partial charge on any atom is -0.495 e. The third kappa shape index (κ3) is 2.89. The van der Waals surface area contributed by atoms with Crippen LogP contribution in [0.5, 0.6) is 5.75 Å². The van der Waals surface area contributed by atoms with E-state index < -0.39 is 0 Å². The fourth-order valence-corrected chi connectivity index (χ4v) is 3.43. The standard InChI is InChI=1S/C15H22BrNO/c1-10-7-13(8-12-5-4-6-17-9-12)15(18-3)14(16)11(10)2/h7,12,17H,4-6,8-9H2,1-3H3. The van der Waals surface area contributed by atoms with Crippen molar-refractivity contribution in [3.05, 3.63) is 27.2 Å². The summed E-state index contributed by atoms with van der Waals surface area (Å²) in [5, 5.41) is 3.48. The van der Waals surface area contributed by atoms with E-state index in [1.807, 2.05) is 0 Å². The maximum atomic E-state index is 5.59. The number of hydrogen-bond donors (Lipinski definition) is 1.